The van der Waals surface area contributed by atoms with E-state index in [1.54, 1.807) is 48.5 Å². The van der Waals surface area contributed by atoms with E-state index in [-0.39, 0.29) is 11.5 Å². The molecule has 0 atom stereocenters. The molecule has 0 spiro atoms. The Bertz CT molecular complexity index is 786. The van der Waals surface area contributed by atoms with Crippen LogP contribution in [0.3, 0.4) is 0 Å². The lowest BCUT2D eigenvalue weighted by atomic mass is 10.1. The number of rotatable bonds is 5. The van der Waals surface area contributed by atoms with Gasteiger partial charge in [0.1, 0.15) is 29.2 Å². The van der Waals surface area contributed by atoms with Crippen molar-refractivity contribution in [3.8, 4) is 23.5 Å². The van der Waals surface area contributed by atoms with E-state index in [1.165, 1.54) is 6.08 Å². The predicted molar refractivity (Wildman–Crippen MR) is 83.9 cm³/mol. The molecule has 1 aromatic heterocycles. The number of hydrogen-bond acceptors (Lipinski definition) is 5. The highest BCUT2D eigenvalue weighted by Crippen LogP contribution is 2.24. The molecule has 2 aromatic rings. The van der Waals surface area contributed by atoms with Crippen LogP contribution in [0.5, 0.6) is 0 Å². The molecule has 0 saturated heterocycles. The summed E-state index contributed by atoms with van der Waals surface area (Å²) < 4.78 is 10.6. The number of furan rings is 1. The lowest BCUT2D eigenvalue weighted by Crippen LogP contribution is -2.05. The lowest BCUT2D eigenvalue weighted by molar-refractivity contribution is 0.0505. The van der Waals surface area contributed by atoms with Crippen LogP contribution in [0.4, 0.5) is 0 Å². The van der Waals surface area contributed by atoms with Crippen molar-refractivity contribution in [2.24, 2.45) is 0 Å². The van der Waals surface area contributed by atoms with Crippen LogP contribution in [0.2, 0.25) is 0 Å². The molecule has 0 aliphatic carbocycles. The maximum Gasteiger partial charge on any atom is 0.338 e. The summed E-state index contributed by atoms with van der Waals surface area (Å²) >= 11 is 0. The monoisotopic (exact) mass is 306 g/mol. The van der Waals surface area contributed by atoms with Gasteiger partial charge in [0.15, 0.2) is 0 Å². The number of hydrogen-bond donors (Lipinski definition) is 0. The first-order valence-electron chi connectivity index (χ1n) is 7.07. The Morgan fingerprint density at radius 3 is 2.48 bits per heavy atom. The molecule has 5 nitrogen and oxygen atoms in total. The molecule has 1 heterocycles. The summed E-state index contributed by atoms with van der Waals surface area (Å²) in [5.41, 5.74) is 1.23. The Labute approximate surface area is 134 Å². The minimum Gasteiger partial charge on any atom is -0.462 e. The molecule has 1 aromatic carbocycles. The van der Waals surface area contributed by atoms with Gasteiger partial charge in [0.2, 0.25) is 0 Å². The average Bonchev–Trinajstić information content (AvgIpc) is 3.06. The summed E-state index contributed by atoms with van der Waals surface area (Å²) in [4.78, 5) is 11.7. The van der Waals surface area contributed by atoms with E-state index in [1.807, 2.05) is 6.92 Å². The van der Waals surface area contributed by atoms with Gasteiger partial charge in [-0.3, -0.25) is 0 Å². The van der Waals surface area contributed by atoms with E-state index in [4.69, 9.17) is 19.7 Å². The van der Waals surface area contributed by atoms with Crippen LogP contribution in [-0.4, -0.2) is 12.6 Å². The van der Waals surface area contributed by atoms with Gasteiger partial charge in [-0.2, -0.15) is 10.5 Å². The summed E-state index contributed by atoms with van der Waals surface area (Å²) in [7, 11) is 0. The van der Waals surface area contributed by atoms with E-state index in [9.17, 15) is 4.79 Å². The summed E-state index contributed by atoms with van der Waals surface area (Å²) in [6.07, 6.45) is 2.15. The van der Waals surface area contributed by atoms with Gasteiger partial charge in [0.05, 0.1) is 12.2 Å². The summed E-state index contributed by atoms with van der Waals surface area (Å²) in [6, 6.07) is 13.8. The van der Waals surface area contributed by atoms with E-state index >= 15 is 0 Å². The highest BCUT2D eigenvalue weighted by Gasteiger charge is 2.09. The second-order valence-electron chi connectivity index (χ2n) is 4.70. The summed E-state index contributed by atoms with van der Waals surface area (Å²) in [5, 5.41) is 17.5. The van der Waals surface area contributed by atoms with Crippen molar-refractivity contribution in [1.82, 2.24) is 0 Å². The van der Waals surface area contributed by atoms with Gasteiger partial charge in [-0.25, -0.2) is 4.79 Å². The van der Waals surface area contributed by atoms with Crippen LogP contribution < -0.4 is 0 Å². The third-order valence-corrected chi connectivity index (χ3v) is 3.00. The van der Waals surface area contributed by atoms with Gasteiger partial charge in [-0.15, -0.1) is 0 Å². The van der Waals surface area contributed by atoms with Crippen molar-refractivity contribution < 1.29 is 13.9 Å². The molecule has 0 amide bonds. The van der Waals surface area contributed by atoms with Crippen molar-refractivity contribution >= 4 is 12.0 Å². The maximum absolute atomic E-state index is 11.7. The molecule has 0 unspecified atom stereocenters. The fraction of sp³-hybridized carbons (Fsp3) is 0.167. The summed E-state index contributed by atoms with van der Waals surface area (Å²) in [6.45, 7) is 2.33. The highest BCUT2D eigenvalue weighted by atomic mass is 16.5. The quantitative estimate of drug-likeness (QED) is 0.616. The molecule has 0 aliphatic heterocycles. The number of ether oxygens (including phenoxy) is 1. The molecule has 0 saturated carbocycles. The van der Waals surface area contributed by atoms with Gasteiger partial charge >= 0.3 is 5.97 Å². The van der Waals surface area contributed by atoms with Crippen LogP contribution in [-0.2, 0) is 4.74 Å². The second kappa shape index (κ2) is 7.63. The van der Waals surface area contributed by atoms with Crippen LogP contribution in [0.25, 0.3) is 17.4 Å². The number of esters is 1. The Hall–Kier alpha value is -3.31. The molecule has 23 heavy (non-hydrogen) atoms. The zero-order chi connectivity index (χ0) is 16.7. The molecule has 0 fully saturated rings. The van der Waals surface area contributed by atoms with Gasteiger partial charge in [0, 0.05) is 11.6 Å². The first-order chi connectivity index (χ1) is 11.2. The minimum atomic E-state index is -0.353. The topological polar surface area (TPSA) is 87.0 Å². The number of allylic oxidation sites excluding steroid dienone is 1. The van der Waals surface area contributed by atoms with Gasteiger partial charge in [0.25, 0.3) is 0 Å². The van der Waals surface area contributed by atoms with Gasteiger partial charge < -0.3 is 9.15 Å². The van der Waals surface area contributed by atoms with Crippen LogP contribution in [0, 0.1) is 22.7 Å². The van der Waals surface area contributed by atoms with Crippen molar-refractivity contribution in [3.05, 3.63) is 53.3 Å². The SMILES string of the molecule is CCCOC(=O)c1ccc(-c2ccc(C=C(C#N)C#N)o2)cc1. The van der Waals surface area contributed by atoms with Gasteiger partial charge in [-0.05, 0) is 30.7 Å². The standard InChI is InChI=1S/C18H14N2O3/c1-2-9-22-18(21)15-5-3-14(4-6-15)17-8-7-16(23-17)10-13(11-19)12-20/h3-8,10H,2,9H2,1H3. The smallest absolute Gasteiger partial charge is 0.338 e. The molecule has 114 valence electrons. The molecular formula is C18H14N2O3. The first-order valence-corrected chi connectivity index (χ1v) is 7.07. The van der Waals surface area contributed by atoms with Crippen molar-refractivity contribution in [3.63, 3.8) is 0 Å². The van der Waals surface area contributed by atoms with E-state index < -0.39 is 0 Å². The maximum atomic E-state index is 11.7. The minimum absolute atomic E-state index is 0.0279. The number of carbonyl (C=O) groups is 1. The molecule has 2 rings (SSSR count). The van der Waals surface area contributed by atoms with Crippen LogP contribution in [0.15, 0.2) is 46.4 Å². The fourth-order valence-electron chi connectivity index (χ4n) is 1.87. The Balaban J connectivity index is 2.16. The zero-order valence-corrected chi connectivity index (χ0v) is 12.6. The Morgan fingerprint density at radius 1 is 1.17 bits per heavy atom. The van der Waals surface area contributed by atoms with E-state index in [2.05, 4.69) is 0 Å². The third kappa shape index (κ3) is 4.09. The highest BCUT2D eigenvalue weighted by molar-refractivity contribution is 5.90. The Morgan fingerprint density at radius 2 is 1.87 bits per heavy atom. The largest absolute Gasteiger partial charge is 0.462 e. The normalized spacial score (nSPS) is 9.52. The van der Waals surface area contributed by atoms with E-state index in [0.717, 1.165) is 12.0 Å². The second-order valence-corrected chi connectivity index (χ2v) is 4.70. The average molecular weight is 306 g/mol. The third-order valence-electron chi connectivity index (χ3n) is 3.00. The molecule has 0 bridgehead atoms. The van der Waals surface area contributed by atoms with Gasteiger partial charge in [-0.1, -0.05) is 19.1 Å². The number of benzene rings is 1. The van der Waals surface area contributed by atoms with Crippen molar-refractivity contribution in [2.45, 2.75) is 13.3 Å². The summed E-state index contributed by atoms with van der Waals surface area (Å²) in [5.74, 6) is 0.652. The predicted octanol–water partition coefficient (Wildman–Crippen LogP) is 3.94. The zero-order valence-electron chi connectivity index (χ0n) is 12.6. The molecule has 0 aliphatic rings. The molecule has 5 heteroatoms. The first kappa shape index (κ1) is 16.1. The van der Waals surface area contributed by atoms with Crippen LogP contribution >= 0.6 is 0 Å². The molecule has 0 radical (unpaired) electrons. The molecular weight excluding hydrogens is 292 g/mol. The number of nitrogens with zero attached hydrogens (tertiary/aromatic N) is 2. The number of nitriles is 2. The van der Waals surface area contributed by atoms with Crippen LogP contribution in [0.1, 0.15) is 29.5 Å². The molecule has 0 N–H and O–H groups in total. The van der Waals surface area contributed by atoms with Crippen molar-refractivity contribution in [1.29, 1.82) is 10.5 Å². The van der Waals surface area contributed by atoms with E-state index in [0.29, 0.717) is 23.7 Å². The van der Waals surface area contributed by atoms with Crippen molar-refractivity contribution in [2.75, 3.05) is 6.61 Å². The Kier molecular flexibility index (Phi) is 5.33. The number of carbonyl (C=O) groups excluding carboxylic acids is 1. The lowest BCUT2D eigenvalue weighted by Gasteiger charge is -2.03. The fourth-order valence-corrected chi connectivity index (χ4v) is 1.87.